The number of nitrogens with zero attached hydrogens (tertiary/aromatic N) is 1. The molecule has 1 N–H and O–H groups in total. The van der Waals surface area contributed by atoms with Gasteiger partial charge in [-0.1, -0.05) is 6.07 Å². The lowest BCUT2D eigenvalue weighted by Gasteiger charge is -2.26. The second kappa shape index (κ2) is 9.77. The SMILES string of the molecule is COCCCN1C(=O)C(=O)C(=C(O)c2ccc3c(c2)C[C@H](C)O3)[C@@H]1c1ccc(OC)c(OC)c1. The summed E-state index contributed by atoms with van der Waals surface area (Å²) in [5.41, 5.74) is 2.10. The minimum atomic E-state index is -0.778. The summed E-state index contributed by atoms with van der Waals surface area (Å²) in [6.07, 6.45) is 1.30. The number of carbonyl (C=O) groups excluding carboxylic acids is 2. The van der Waals surface area contributed by atoms with Crippen LogP contribution in [-0.4, -0.2) is 62.3 Å². The molecule has 0 aromatic heterocycles. The van der Waals surface area contributed by atoms with Crippen LogP contribution in [-0.2, 0) is 20.7 Å². The maximum Gasteiger partial charge on any atom is 0.295 e. The van der Waals surface area contributed by atoms with E-state index < -0.39 is 17.7 Å². The fourth-order valence-electron chi connectivity index (χ4n) is 4.58. The first-order valence-electron chi connectivity index (χ1n) is 11.2. The van der Waals surface area contributed by atoms with Crippen molar-refractivity contribution in [2.75, 3.05) is 34.5 Å². The molecule has 2 aromatic rings. The zero-order valence-corrected chi connectivity index (χ0v) is 19.8. The molecule has 2 aromatic carbocycles. The Morgan fingerprint density at radius 2 is 1.85 bits per heavy atom. The lowest BCUT2D eigenvalue weighted by Crippen LogP contribution is -2.31. The third-order valence-corrected chi connectivity index (χ3v) is 6.18. The molecule has 8 nitrogen and oxygen atoms in total. The van der Waals surface area contributed by atoms with Crippen LogP contribution in [0.5, 0.6) is 17.2 Å². The van der Waals surface area contributed by atoms with Crippen LogP contribution in [0.3, 0.4) is 0 Å². The van der Waals surface area contributed by atoms with Gasteiger partial charge in [-0.25, -0.2) is 0 Å². The number of ketones is 1. The van der Waals surface area contributed by atoms with Crippen LogP contribution in [0, 0.1) is 0 Å². The molecule has 0 bridgehead atoms. The zero-order chi connectivity index (χ0) is 24.4. The Kier molecular flexibility index (Phi) is 6.79. The van der Waals surface area contributed by atoms with E-state index in [4.69, 9.17) is 18.9 Å². The zero-order valence-electron chi connectivity index (χ0n) is 19.8. The average molecular weight is 468 g/mol. The van der Waals surface area contributed by atoms with Gasteiger partial charge < -0.3 is 29.0 Å². The van der Waals surface area contributed by atoms with Gasteiger partial charge in [-0.3, -0.25) is 9.59 Å². The molecule has 1 fully saturated rings. The number of likely N-dealkylation sites (tertiary alicyclic amines) is 1. The molecular weight excluding hydrogens is 438 g/mol. The first-order valence-corrected chi connectivity index (χ1v) is 11.2. The molecule has 0 radical (unpaired) electrons. The topological polar surface area (TPSA) is 94.5 Å². The standard InChI is InChI=1S/C26H29NO7/c1-15-12-18-13-17(7-8-19(18)34-15)24(28)22-23(16-6-9-20(32-3)21(14-16)33-4)27(10-5-11-31-2)26(30)25(22)29/h6-9,13-15,23,28H,5,10-12H2,1-4H3/t15-,23-/m0/s1. The number of amides is 1. The van der Waals surface area contributed by atoms with Crippen LogP contribution in [0.25, 0.3) is 5.76 Å². The number of fused-ring (bicyclic) bond motifs is 1. The number of carbonyl (C=O) groups is 2. The van der Waals surface area contributed by atoms with E-state index in [1.165, 1.54) is 19.1 Å². The Morgan fingerprint density at radius 1 is 1.09 bits per heavy atom. The van der Waals surface area contributed by atoms with E-state index in [0.29, 0.717) is 48.6 Å². The Hall–Kier alpha value is -3.52. The summed E-state index contributed by atoms with van der Waals surface area (Å²) in [4.78, 5) is 27.7. The van der Waals surface area contributed by atoms with Gasteiger partial charge in [-0.05, 0) is 54.8 Å². The van der Waals surface area contributed by atoms with Gasteiger partial charge in [0, 0.05) is 32.2 Å². The van der Waals surface area contributed by atoms with Crippen LogP contribution in [0.15, 0.2) is 42.0 Å². The monoisotopic (exact) mass is 467 g/mol. The maximum atomic E-state index is 13.2. The van der Waals surface area contributed by atoms with Crippen LogP contribution < -0.4 is 14.2 Å². The van der Waals surface area contributed by atoms with Crippen molar-refractivity contribution in [2.24, 2.45) is 0 Å². The van der Waals surface area contributed by atoms with Gasteiger partial charge in [0.1, 0.15) is 17.6 Å². The molecule has 1 saturated heterocycles. The summed E-state index contributed by atoms with van der Waals surface area (Å²) in [6, 6.07) is 9.75. The summed E-state index contributed by atoms with van der Waals surface area (Å²) in [6.45, 7) is 2.70. The van der Waals surface area contributed by atoms with Gasteiger partial charge in [0.05, 0.1) is 25.8 Å². The van der Waals surface area contributed by atoms with Crippen molar-refractivity contribution in [1.82, 2.24) is 4.90 Å². The molecule has 2 aliphatic rings. The van der Waals surface area contributed by atoms with Crippen LogP contribution in [0.4, 0.5) is 0 Å². The predicted molar refractivity (Wildman–Crippen MR) is 125 cm³/mol. The van der Waals surface area contributed by atoms with E-state index in [2.05, 4.69) is 0 Å². The molecule has 180 valence electrons. The van der Waals surface area contributed by atoms with Crippen molar-refractivity contribution in [3.8, 4) is 17.2 Å². The van der Waals surface area contributed by atoms with Crippen LogP contribution in [0.1, 0.15) is 36.1 Å². The molecule has 2 aliphatic heterocycles. The molecule has 0 saturated carbocycles. The smallest absolute Gasteiger partial charge is 0.295 e. The van der Waals surface area contributed by atoms with E-state index in [9.17, 15) is 14.7 Å². The van der Waals surface area contributed by atoms with E-state index in [-0.39, 0.29) is 17.4 Å². The molecule has 8 heteroatoms. The number of aliphatic hydroxyl groups is 1. The molecule has 0 spiro atoms. The minimum absolute atomic E-state index is 0.0431. The Morgan fingerprint density at radius 3 is 2.56 bits per heavy atom. The second-order valence-corrected chi connectivity index (χ2v) is 8.41. The van der Waals surface area contributed by atoms with Gasteiger partial charge in [0.15, 0.2) is 11.5 Å². The average Bonchev–Trinajstić information content (AvgIpc) is 3.34. The third kappa shape index (κ3) is 4.21. The number of hydrogen-bond donors (Lipinski definition) is 1. The fraction of sp³-hybridized carbons (Fsp3) is 0.385. The lowest BCUT2D eigenvalue weighted by molar-refractivity contribution is -0.140. The summed E-state index contributed by atoms with van der Waals surface area (Å²) in [7, 11) is 4.63. The van der Waals surface area contributed by atoms with Crippen molar-refractivity contribution in [1.29, 1.82) is 0 Å². The summed E-state index contributed by atoms with van der Waals surface area (Å²) < 4.78 is 21.7. The second-order valence-electron chi connectivity index (χ2n) is 8.41. The van der Waals surface area contributed by atoms with Gasteiger partial charge >= 0.3 is 0 Å². The Bertz CT molecular complexity index is 1140. The number of hydrogen-bond acceptors (Lipinski definition) is 7. The van der Waals surface area contributed by atoms with Crippen LogP contribution in [0.2, 0.25) is 0 Å². The molecule has 1 amide bonds. The van der Waals surface area contributed by atoms with Gasteiger partial charge in [0.25, 0.3) is 11.7 Å². The summed E-state index contributed by atoms with van der Waals surface area (Å²) in [5.74, 6) is 0.159. The van der Waals surface area contributed by atoms with Crippen molar-refractivity contribution in [3.63, 3.8) is 0 Å². The van der Waals surface area contributed by atoms with E-state index >= 15 is 0 Å². The summed E-state index contributed by atoms with van der Waals surface area (Å²) in [5, 5.41) is 11.3. The normalized spacial score (nSPS) is 20.9. The quantitative estimate of drug-likeness (QED) is 0.275. The maximum absolute atomic E-state index is 13.2. The number of Topliss-reactive ketones (excluding diaryl/α,β-unsaturated/α-hetero) is 1. The Balaban J connectivity index is 1.83. The highest BCUT2D eigenvalue weighted by Crippen LogP contribution is 2.42. The minimum Gasteiger partial charge on any atom is -0.507 e. The fourth-order valence-corrected chi connectivity index (χ4v) is 4.58. The molecule has 34 heavy (non-hydrogen) atoms. The molecule has 0 aliphatic carbocycles. The molecule has 0 unspecified atom stereocenters. The highest BCUT2D eigenvalue weighted by atomic mass is 16.5. The Labute approximate surface area is 198 Å². The number of aliphatic hydroxyl groups excluding tert-OH is 1. The van der Waals surface area contributed by atoms with Gasteiger partial charge in [-0.15, -0.1) is 0 Å². The first kappa shape index (κ1) is 23.6. The number of rotatable bonds is 8. The molecule has 2 atom stereocenters. The van der Waals surface area contributed by atoms with Crippen molar-refractivity contribution < 1.29 is 33.6 Å². The van der Waals surface area contributed by atoms with Crippen molar-refractivity contribution in [2.45, 2.75) is 31.9 Å². The third-order valence-electron chi connectivity index (χ3n) is 6.18. The number of ether oxygens (including phenoxy) is 4. The molecule has 2 heterocycles. The highest BCUT2D eigenvalue weighted by Gasteiger charge is 2.46. The van der Waals surface area contributed by atoms with E-state index in [1.807, 2.05) is 13.0 Å². The van der Waals surface area contributed by atoms with Crippen LogP contribution >= 0.6 is 0 Å². The van der Waals surface area contributed by atoms with Gasteiger partial charge in [-0.2, -0.15) is 0 Å². The van der Waals surface area contributed by atoms with Crippen molar-refractivity contribution in [3.05, 3.63) is 58.7 Å². The van der Waals surface area contributed by atoms with E-state index in [1.54, 1.807) is 37.4 Å². The van der Waals surface area contributed by atoms with E-state index in [0.717, 1.165) is 11.3 Å². The number of methoxy groups -OCH3 is 3. The lowest BCUT2D eigenvalue weighted by atomic mass is 9.94. The summed E-state index contributed by atoms with van der Waals surface area (Å²) >= 11 is 0. The molecular formula is C26H29NO7. The first-order chi connectivity index (χ1) is 16.4. The predicted octanol–water partition coefficient (Wildman–Crippen LogP) is 3.49. The largest absolute Gasteiger partial charge is 0.507 e. The number of benzene rings is 2. The highest BCUT2D eigenvalue weighted by molar-refractivity contribution is 6.46. The van der Waals surface area contributed by atoms with Gasteiger partial charge in [0.2, 0.25) is 0 Å². The van der Waals surface area contributed by atoms with Crippen molar-refractivity contribution >= 4 is 17.4 Å². The molecule has 4 rings (SSSR count).